The van der Waals surface area contributed by atoms with Crippen molar-refractivity contribution in [3.8, 4) is 6.07 Å². The summed E-state index contributed by atoms with van der Waals surface area (Å²) in [7, 11) is 2.02. The maximum atomic E-state index is 10.8. The van der Waals surface area contributed by atoms with Crippen LogP contribution in [-0.2, 0) is 17.8 Å². The molecule has 31 heavy (non-hydrogen) atoms. The van der Waals surface area contributed by atoms with E-state index in [1.165, 1.54) is 31.5 Å². The second-order valence-electron chi connectivity index (χ2n) is 8.40. The molecule has 0 saturated carbocycles. The van der Waals surface area contributed by atoms with Gasteiger partial charge in [0.25, 0.3) is 0 Å². The van der Waals surface area contributed by atoms with Crippen LogP contribution < -0.4 is 10.2 Å². The largest absolute Gasteiger partial charge is 0.371 e. The number of nitrogens with zero attached hydrogens (tertiary/aromatic N) is 3. The highest BCUT2D eigenvalue weighted by atomic mass is 16.1. The number of nitriles is 1. The summed E-state index contributed by atoms with van der Waals surface area (Å²) in [5.74, 6) is 0.157. The van der Waals surface area contributed by atoms with Gasteiger partial charge in [0, 0.05) is 37.8 Å². The lowest BCUT2D eigenvalue weighted by atomic mass is 9.99. The van der Waals surface area contributed by atoms with Gasteiger partial charge in [-0.05, 0) is 81.2 Å². The van der Waals surface area contributed by atoms with Gasteiger partial charge in [-0.2, -0.15) is 5.26 Å². The van der Waals surface area contributed by atoms with Crippen LogP contribution in [0, 0.1) is 17.2 Å². The number of hydrogen-bond donors (Lipinski definition) is 1. The van der Waals surface area contributed by atoms with Gasteiger partial charge in [0.05, 0.1) is 11.6 Å². The molecule has 0 radical (unpaired) electrons. The second kappa shape index (κ2) is 12.2. The van der Waals surface area contributed by atoms with Gasteiger partial charge in [-0.25, -0.2) is 0 Å². The van der Waals surface area contributed by atoms with Crippen molar-refractivity contribution in [1.29, 1.82) is 5.26 Å². The van der Waals surface area contributed by atoms with Crippen molar-refractivity contribution >= 4 is 12.0 Å². The number of carbonyl (C=O) groups excluding carboxylic acids is 1. The van der Waals surface area contributed by atoms with Crippen LogP contribution in [0.15, 0.2) is 48.5 Å². The molecule has 5 heteroatoms. The van der Waals surface area contributed by atoms with Crippen LogP contribution in [0.4, 0.5) is 5.69 Å². The lowest BCUT2D eigenvalue weighted by Gasteiger charge is -2.32. The molecule has 1 N–H and O–H groups in total. The van der Waals surface area contributed by atoms with E-state index in [0.717, 1.165) is 51.0 Å². The van der Waals surface area contributed by atoms with Crippen molar-refractivity contribution in [2.45, 2.75) is 32.2 Å². The summed E-state index contributed by atoms with van der Waals surface area (Å²) in [4.78, 5) is 15.5. The van der Waals surface area contributed by atoms with E-state index in [9.17, 15) is 4.79 Å². The maximum absolute atomic E-state index is 10.8. The Hall–Kier alpha value is -2.68. The van der Waals surface area contributed by atoms with Gasteiger partial charge in [0.1, 0.15) is 6.29 Å². The average molecular weight is 419 g/mol. The third-order valence-electron chi connectivity index (χ3n) is 6.12. The minimum atomic E-state index is 0.157. The van der Waals surface area contributed by atoms with E-state index in [1.807, 2.05) is 31.3 Å². The fourth-order valence-corrected chi connectivity index (χ4v) is 4.33. The SMILES string of the molecule is CNCCCN1CCc2ccccc2C1.N#Cc1ccc(N2CCCC(C=O)C2)cc1. The highest BCUT2D eigenvalue weighted by Gasteiger charge is 2.19. The molecule has 4 rings (SSSR count). The summed E-state index contributed by atoms with van der Waals surface area (Å²) in [6.07, 6.45) is 5.57. The molecule has 0 spiro atoms. The molecule has 1 unspecified atom stereocenters. The zero-order valence-electron chi connectivity index (χ0n) is 18.6. The zero-order valence-corrected chi connectivity index (χ0v) is 18.6. The van der Waals surface area contributed by atoms with Gasteiger partial charge < -0.3 is 15.0 Å². The molecule has 1 fully saturated rings. The fourth-order valence-electron chi connectivity index (χ4n) is 4.33. The van der Waals surface area contributed by atoms with Crippen LogP contribution >= 0.6 is 0 Å². The second-order valence-corrected chi connectivity index (χ2v) is 8.40. The predicted molar refractivity (Wildman–Crippen MR) is 126 cm³/mol. The molecule has 0 bridgehead atoms. The van der Waals surface area contributed by atoms with E-state index in [2.05, 4.69) is 45.5 Å². The van der Waals surface area contributed by atoms with E-state index in [-0.39, 0.29) is 5.92 Å². The van der Waals surface area contributed by atoms with Gasteiger partial charge in [0.2, 0.25) is 0 Å². The molecule has 0 aliphatic carbocycles. The van der Waals surface area contributed by atoms with Crippen molar-refractivity contribution in [2.24, 2.45) is 5.92 Å². The molecular formula is C26H34N4O. The van der Waals surface area contributed by atoms with E-state index < -0.39 is 0 Å². The average Bonchev–Trinajstić information content (AvgIpc) is 2.84. The van der Waals surface area contributed by atoms with Crippen LogP contribution in [0.5, 0.6) is 0 Å². The molecule has 0 amide bonds. The minimum Gasteiger partial charge on any atom is -0.371 e. The van der Waals surface area contributed by atoms with Crippen molar-refractivity contribution in [3.05, 3.63) is 65.2 Å². The smallest absolute Gasteiger partial charge is 0.124 e. The Labute approximate surface area is 186 Å². The van der Waals surface area contributed by atoms with Gasteiger partial charge in [-0.3, -0.25) is 4.90 Å². The molecule has 2 aromatic carbocycles. The molecular weight excluding hydrogens is 384 g/mol. The fraction of sp³-hybridized carbons (Fsp3) is 0.462. The summed E-state index contributed by atoms with van der Waals surface area (Å²) in [6, 6.07) is 18.5. The number of anilines is 1. The van der Waals surface area contributed by atoms with E-state index in [1.54, 1.807) is 5.56 Å². The molecule has 2 aliphatic heterocycles. The highest BCUT2D eigenvalue weighted by Crippen LogP contribution is 2.22. The van der Waals surface area contributed by atoms with Crippen LogP contribution in [0.2, 0.25) is 0 Å². The Morgan fingerprint density at radius 3 is 2.61 bits per heavy atom. The first kappa shape index (κ1) is 23.0. The molecule has 1 atom stereocenters. The number of piperidine rings is 1. The summed E-state index contributed by atoms with van der Waals surface area (Å²) in [5, 5.41) is 11.9. The Balaban J connectivity index is 0.000000176. The van der Waals surface area contributed by atoms with Crippen LogP contribution in [0.3, 0.4) is 0 Å². The Bertz CT molecular complexity index is 858. The quantitative estimate of drug-likeness (QED) is 0.573. The van der Waals surface area contributed by atoms with E-state index >= 15 is 0 Å². The summed E-state index contributed by atoms with van der Waals surface area (Å²) >= 11 is 0. The Kier molecular flexibility index (Phi) is 9.08. The van der Waals surface area contributed by atoms with Crippen LogP contribution in [0.25, 0.3) is 0 Å². The third kappa shape index (κ3) is 6.92. The number of aldehydes is 1. The predicted octanol–water partition coefficient (Wildman–Crippen LogP) is 3.63. The number of rotatable bonds is 6. The molecule has 164 valence electrons. The zero-order chi connectivity index (χ0) is 21.9. The lowest BCUT2D eigenvalue weighted by Crippen LogP contribution is -2.35. The Morgan fingerprint density at radius 1 is 1.13 bits per heavy atom. The van der Waals surface area contributed by atoms with Gasteiger partial charge >= 0.3 is 0 Å². The van der Waals surface area contributed by atoms with E-state index in [0.29, 0.717) is 5.56 Å². The summed E-state index contributed by atoms with van der Waals surface area (Å²) < 4.78 is 0. The molecule has 5 nitrogen and oxygen atoms in total. The topological polar surface area (TPSA) is 59.4 Å². The third-order valence-corrected chi connectivity index (χ3v) is 6.12. The minimum absolute atomic E-state index is 0.157. The van der Waals surface area contributed by atoms with Gasteiger partial charge in [-0.15, -0.1) is 0 Å². The van der Waals surface area contributed by atoms with Crippen molar-refractivity contribution in [3.63, 3.8) is 0 Å². The Morgan fingerprint density at radius 2 is 1.90 bits per heavy atom. The number of fused-ring (bicyclic) bond motifs is 1. The molecule has 1 saturated heterocycles. The normalized spacial score (nSPS) is 18.3. The van der Waals surface area contributed by atoms with Crippen molar-refractivity contribution < 1.29 is 4.79 Å². The molecule has 2 aromatic rings. The molecule has 0 aromatic heterocycles. The van der Waals surface area contributed by atoms with Crippen molar-refractivity contribution in [2.75, 3.05) is 44.7 Å². The lowest BCUT2D eigenvalue weighted by molar-refractivity contribution is -0.111. The first-order valence-electron chi connectivity index (χ1n) is 11.4. The van der Waals surface area contributed by atoms with Crippen LogP contribution in [0.1, 0.15) is 36.0 Å². The number of nitrogens with one attached hydrogen (secondary N) is 1. The van der Waals surface area contributed by atoms with E-state index in [4.69, 9.17) is 5.26 Å². The van der Waals surface area contributed by atoms with Gasteiger partial charge in [-0.1, -0.05) is 24.3 Å². The van der Waals surface area contributed by atoms with Gasteiger partial charge in [0.15, 0.2) is 0 Å². The summed E-state index contributed by atoms with van der Waals surface area (Å²) in [6.45, 7) is 6.50. The molecule has 2 heterocycles. The highest BCUT2D eigenvalue weighted by molar-refractivity contribution is 5.57. The summed E-state index contributed by atoms with van der Waals surface area (Å²) in [5.41, 5.74) is 4.84. The number of hydrogen-bond acceptors (Lipinski definition) is 5. The first-order valence-corrected chi connectivity index (χ1v) is 11.4. The van der Waals surface area contributed by atoms with Crippen molar-refractivity contribution in [1.82, 2.24) is 10.2 Å². The monoisotopic (exact) mass is 418 g/mol. The standard InChI is InChI=1S/C13H14N2O.C13H20N2/c14-8-11-3-5-13(6-4-11)15-7-1-2-12(9-15)10-16;1-14-8-4-9-15-10-7-12-5-2-3-6-13(12)11-15/h3-6,10,12H,1-2,7,9H2;2-3,5-6,14H,4,7-11H2,1H3. The maximum Gasteiger partial charge on any atom is 0.124 e. The first-order chi connectivity index (χ1) is 15.2. The van der Waals surface area contributed by atoms with Crippen LogP contribution in [-0.4, -0.2) is 51.0 Å². The number of carbonyl (C=O) groups is 1. The number of benzene rings is 2. The molecule has 2 aliphatic rings.